The van der Waals surface area contributed by atoms with Crippen molar-refractivity contribution in [2.75, 3.05) is 13.1 Å². The van der Waals surface area contributed by atoms with Crippen LogP contribution in [0.1, 0.15) is 48.8 Å². The zero-order valence-corrected chi connectivity index (χ0v) is 10.3. The van der Waals surface area contributed by atoms with Gasteiger partial charge in [0.1, 0.15) is 5.82 Å². The van der Waals surface area contributed by atoms with Crippen LogP contribution in [-0.4, -0.2) is 27.7 Å². The molecule has 1 fully saturated rings. The molecule has 0 saturated carbocycles. The first-order chi connectivity index (χ1) is 8.40. The summed E-state index contributed by atoms with van der Waals surface area (Å²) in [7, 11) is 0. The number of imidazole rings is 1. The molecular formula is C13H21N3O. The Morgan fingerprint density at radius 1 is 1.29 bits per heavy atom. The van der Waals surface area contributed by atoms with Crippen LogP contribution >= 0.6 is 0 Å². The summed E-state index contributed by atoms with van der Waals surface area (Å²) in [5.74, 6) is 1.83. The van der Waals surface area contributed by atoms with Crippen molar-refractivity contribution < 1.29 is 5.11 Å². The lowest BCUT2D eigenvalue weighted by Crippen LogP contribution is -2.28. The van der Waals surface area contributed by atoms with Gasteiger partial charge in [-0.25, -0.2) is 4.98 Å². The molecule has 0 amide bonds. The van der Waals surface area contributed by atoms with Gasteiger partial charge in [0.05, 0.1) is 12.3 Å². The minimum atomic E-state index is 0.0975. The predicted octanol–water partition coefficient (Wildman–Crippen LogP) is 1.18. The Labute approximate surface area is 102 Å². The number of nitrogens with zero attached hydrogens (tertiary/aromatic N) is 2. The van der Waals surface area contributed by atoms with Crippen molar-refractivity contribution in [3.8, 4) is 0 Å². The number of nitrogens with one attached hydrogen (secondary N) is 1. The fraction of sp³-hybridized carbons (Fsp3) is 0.769. The van der Waals surface area contributed by atoms with Crippen LogP contribution in [0.15, 0.2) is 0 Å². The molecule has 0 bridgehead atoms. The Bertz CT molecular complexity index is 394. The fourth-order valence-corrected chi connectivity index (χ4v) is 3.17. The molecule has 0 spiro atoms. The Morgan fingerprint density at radius 2 is 2.12 bits per heavy atom. The van der Waals surface area contributed by atoms with E-state index in [-0.39, 0.29) is 6.61 Å². The second-order valence-electron chi connectivity index (χ2n) is 5.15. The summed E-state index contributed by atoms with van der Waals surface area (Å²) in [5.41, 5.74) is 2.23. The Morgan fingerprint density at radius 3 is 2.88 bits per heavy atom. The molecular weight excluding hydrogens is 214 g/mol. The molecule has 0 aromatic carbocycles. The third-order valence-corrected chi connectivity index (χ3v) is 4.08. The first kappa shape index (κ1) is 11.2. The summed E-state index contributed by atoms with van der Waals surface area (Å²) < 4.78 is 2.39. The summed E-state index contributed by atoms with van der Waals surface area (Å²) in [6, 6.07) is 0. The van der Waals surface area contributed by atoms with Gasteiger partial charge >= 0.3 is 0 Å². The monoisotopic (exact) mass is 235 g/mol. The van der Waals surface area contributed by atoms with Gasteiger partial charge in [-0.15, -0.1) is 0 Å². The van der Waals surface area contributed by atoms with E-state index in [1.165, 1.54) is 37.2 Å². The van der Waals surface area contributed by atoms with Crippen LogP contribution in [0.2, 0.25) is 0 Å². The summed E-state index contributed by atoms with van der Waals surface area (Å²) in [6.45, 7) is 3.39. The van der Waals surface area contributed by atoms with E-state index >= 15 is 0 Å². The van der Waals surface area contributed by atoms with E-state index in [1.54, 1.807) is 0 Å². The number of aromatic nitrogens is 2. The van der Waals surface area contributed by atoms with Crippen molar-refractivity contribution >= 4 is 0 Å². The van der Waals surface area contributed by atoms with Gasteiger partial charge in [0.25, 0.3) is 0 Å². The molecule has 2 aliphatic heterocycles. The zero-order chi connectivity index (χ0) is 11.7. The number of piperidine rings is 1. The van der Waals surface area contributed by atoms with Crippen molar-refractivity contribution in [3.63, 3.8) is 0 Å². The molecule has 1 aromatic heterocycles. The average molecular weight is 235 g/mol. The van der Waals surface area contributed by atoms with Crippen LogP contribution in [0.5, 0.6) is 0 Å². The fourth-order valence-electron chi connectivity index (χ4n) is 3.17. The molecule has 1 saturated heterocycles. The lowest BCUT2D eigenvalue weighted by Gasteiger charge is -2.25. The van der Waals surface area contributed by atoms with Crippen LogP contribution in [0.3, 0.4) is 0 Å². The van der Waals surface area contributed by atoms with E-state index < -0.39 is 0 Å². The molecule has 4 nitrogen and oxygen atoms in total. The highest BCUT2D eigenvalue weighted by atomic mass is 16.3. The summed E-state index contributed by atoms with van der Waals surface area (Å²) in [4.78, 5) is 4.72. The molecule has 0 aliphatic carbocycles. The van der Waals surface area contributed by atoms with E-state index in [1.807, 2.05) is 0 Å². The molecule has 0 unspecified atom stereocenters. The lowest BCUT2D eigenvalue weighted by atomic mass is 9.97. The average Bonchev–Trinajstić information content (AvgIpc) is 2.78. The highest BCUT2D eigenvalue weighted by molar-refractivity contribution is 5.21. The van der Waals surface area contributed by atoms with Crippen LogP contribution in [0.25, 0.3) is 0 Å². The maximum Gasteiger partial charge on any atom is 0.112 e. The van der Waals surface area contributed by atoms with E-state index in [9.17, 15) is 5.11 Å². The van der Waals surface area contributed by atoms with Crippen molar-refractivity contribution in [3.05, 3.63) is 17.2 Å². The molecule has 94 valence electrons. The molecule has 4 heteroatoms. The standard InChI is InChI=1S/C13H21N3O/c17-9-11-12-3-1-2-8-16(12)13(15-11)10-4-6-14-7-5-10/h10,14,17H,1-9H2. The second kappa shape index (κ2) is 4.78. The maximum atomic E-state index is 9.42. The Balaban J connectivity index is 1.95. The van der Waals surface area contributed by atoms with Crippen LogP contribution in [0, 0.1) is 0 Å². The summed E-state index contributed by atoms with van der Waals surface area (Å²) in [6.07, 6.45) is 5.95. The van der Waals surface area contributed by atoms with Crippen LogP contribution < -0.4 is 5.32 Å². The van der Waals surface area contributed by atoms with Gasteiger partial charge in [-0.05, 0) is 45.2 Å². The topological polar surface area (TPSA) is 50.1 Å². The molecule has 2 aliphatic rings. The predicted molar refractivity (Wildman–Crippen MR) is 65.9 cm³/mol. The summed E-state index contributed by atoms with van der Waals surface area (Å²) in [5, 5.41) is 12.8. The summed E-state index contributed by atoms with van der Waals surface area (Å²) >= 11 is 0. The number of aliphatic hydroxyl groups excluding tert-OH is 1. The minimum absolute atomic E-state index is 0.0975. The number of rotatable bonds is 2. The van der Waals surface area contributed by atoms with Crippen molar-refractivity contribution in [1.29, 1.82) is 0 Å². The zero-order valence-electron chi connectivity index (χ0n) is 10.3. The first-order valence-corrected chi connectivity index (χ1v) is 6.80. The smallest absolute Gasteiger partial charge is 0.112 e. The largest absolute Gasteiger partial charge is 0.390 e. The first-order valence-electron chi connectivity index (χ1n) is 6.80. The molecule has 3 rings (SSSR count). The molecule has 17 heavy (non-hydrogen) atoms. The third kappa shape index (κ3) is 2.00. The van der Waals surface area contributed by atoms with E-state index in [0.29, 0.717) is 5.92 Å². The molecule has 2 N–H and O–H groups in total. The SMILES string of the molecule is OCc1nc(C2CCNCC2)n2c1CCCC2. The van der Waals surface area contributed by atoms with Gasteiger partial charge in [-0.1, -0.05) is 0 Å². The normalized spacial score (nSPS) is 21.5. The molecule has 0 radical (unpaired) electrons. The van der Waals surface area contributed by atoms with Crippen LogP contribution in [0.4, 0.5) is 0 Å². The van der Waals surface area contributed by atoms with Gasteiger partial charge in [0.15, 0.2) is 0 Å². The second-order valence-corrected chi connectivity index (χ2v) is 5.15. The van der Waals surface area contributed by atoms with Gasteiger partial charge in [-0.3, -0.25) is 0 Å². The van der Waals surface area contributed by atoms with Gasteiger partial charge in [0, 0.05) is 18.2 Å². The van der Waals surface area contributed by atoms with E-state index in [2.05, 4.69) is 9.88 Å². The van der Waals surface area contributed by atoms with Crippen molar-refractivity contribution in [1.82, 2.24) is 14.9 Å². The van der Waals surface area contributed by atoms with Crippen molar-refractivity contribution in [2.24, 2.45) is 0 Å². The Hall–Kier alpha value is -0.870. The maximum absolute atomic E-state index is 9.42. The minimum Gasteiger partial charge on any atom is -0.390 e. The Kier molecular flexibility index (Phi) is 3.16. The van der Waals surface area contributed by atoms with Gasteiger partial charge < -0.3 is 15.0 Å². The lowest BCUT2D eigenvalue weighted by molar-refractivity contribution is 0.275. The van der Waals surface area contributed by atoms with Gasteiger partial charge in [-0.2, -0.15) is 0 Å². The van der Waals surface area contributed by atoms with Crippen LogP contribution in [-0.2, 0) is 19.6 Å². The molecule has 1 aromatic rings. The highest BCUT2D eigenvalue weighted by Crippen LogP contribution is 2.29. The highest BCUT2D eigenvalue weighted by Gasteiger charge is 2.25. The quantitative estimate of drug-likeness (QED) is 0.809. The molecule has 3 heterocycles. The van der Waals surface area contributed by atoms with E-state index in [0.717, 1.165) is 31.7 Å². The molecule has 0 atom stereocenters. The van der Waals surface area contributed by atoms with E-state index in [4.69, 9.17) is 4.98 Å². The van der Waals surface area contributed by atoms with Crippen molar-refractivity contribution in [2.45, 2.75) is 51.2 Å². The number of aliphatic hydroxyl groups is 1. The number of hydrogen-bond donors (Lipinski definition) is 2. The third-order valence-electron chi connectivity index (χ3n) is 4.08. The van der Waals surface area contributed by atoms with Gasteiger partial charge in [0.2, 0.25) is 0 Å². The number of hydrogen-bond acceptors (Lipinski definition) is 3. The number of fused-ring (bicyclic) bond motifs is 1.